The molecule has 1 aromatic rings. The smallest absolute Gasteiger partial charge is 0.167 e. The van der Waals surface area contributed by atoms with Gasteiger partial charge in [0.1, 0.15) is 0 Å². The average molecular weight is 259 g/mol. The van der Waals surface area contributed by atoms with Crippen molar-refractivity contribution in [3.05, 3.63) is 34.9 Å². The molecule has 1 saturated heterocycles. The first-order chi connectivity index (χ1) is 9.08. The molecule has 2 nitrogen and oxygen atoms in total. The van der Waals surface area contributed by atoms with Crippen molar-refractivity contribution in [2.45, 2.75) is 40.0 Å². The van der Waals surface area contributed by atoms with Crippen molar-refractivity contribution < 1.29 is 4.79 Å². The van der Waals surface area contributed by atoms with Gasteiger partial charge in [-0.05, 0) is 45.3 Å². The minimum absolute atomic E-state index is 0.0968. The van der Waals surface area contributed by atoms with Crippen LogP contribution in [-0.4, -0.2) is 30.3 Å². The number of piperidine rings is 1. The van der Waals surface area contributed by atoms with E-state index in [4.69, 9.17) is 0 Å². The number of benzene rings is 1. The second-order valence-electron chi connectivity index (χ2n) is 5.94. The number of carbonyl (C=O) groups excluding carboxylic acids is 1. The Bertz CT molecular complexity index is 447. The number of ketones is 1. The van der Waals surface area contributed by atoms with Gasteiger partial charge >= 0.3 is 0 Å². The quantitative estimate of drug-likeness (QED) is 0.770. The molecule has 2 heteroatoms. The molecule has 0 radical (unpaired) electrons. The van der Waals surface area contributed by atoms with Crippen LogP contribution in [0.15, 0.2) is 18.2 Å². The van der Waals surface area contributed by atoms with Gasteiger partial charge in [-0.3, -0.25) is 4.79 Å². The highest BCUT2D eigenvalue weighted by Gasteiger charge is 2.20. The molecular formula is C17H25NO. The summed E-state index contributed by atoms with van der Waals surface area (Å²) in [6.07, 6.45) is 3.91. The van der Waals surface area contributed by atoms with Crippen LogP contribution in [0.1, 0.15) is 47.7 Å². The van der Waals surface area contributed by atoms with E-state index < -0.39 is 0 Å². The van der Waals surface area contributed by atoms with E-state index in [1.807, 2.05) is 19.1 Å². The first-order valence-electron chi connectivity index (χ1n) is 7.42. The van der Waals surface area contributed by atoms with Crippen LogP contribution in [-0.2, 0) is 0 Å². The van der Waals surface area contributed by atoms with Gasteiger partial charge in [-0.1, -0.05) is 37.1 Å². The number of hydrogen-bond donors (Lipinski definition) is 0. The van der Waals surface area contributed by atoms with Crippen LogP contribution in [0.3, 0.4) is 0 Å². The Kier molecular flexibility index (Phi) is 4.76. The summed E-state index contributed by atoms with van der Waals surface area (Å²) in [5.74, 6) is 0.391. The number of Topliss-reactive ketones (excluding diaryl/α,β-unsaturated/α-hetero) is 1. The number of hydrogen-bond acceptors (Lipinski definition) is 2. The van der Waals surface area contributed by atoms with E-state index in [0.29, 0.717) is 5.78 Å². The lowest BCUT2D eigenvalue weighted by atomic mass is 9.94. The Labute approximate surface area is 116 Å². The summed E-state index contributed by atoms with van der Waals surface area (Å²) in [7, 11) is 0. The third-order valence-electron chi connectivity index (χ3n) is 4.08. The lowest BCUT2D eigenvalue weighted by molar-refractivity contribution is 0.0883. The molecule has 1 fully saturated rings. The maximum atomic E-state index is 12.5. The summed E-state index contributed by atoms with van der Waals surface area (Å²) in [4.78, 5) is 15.0. The average Bonchev–Trinajstić information content (AvgIpc) is 2.39. The highest BCUT2D eigenvalue weighted by atomic mass is 16.1. The molecule has 1 unspecified atom stereocenters. The number of aryl methyl sites for hydroxylation is 2. The predicted molar refractivity (Wildman–Crippen MR) is 79.7 cm³/mol. The summed E-state index contributed by atoms with van der Waals surface area (Å²) in [6.45, 7) is 9.39. The van der Waals surface area contributed by atoms with Crippen molar-refractivity contribution in [3.8, 4) is 0 Å². The Morgan fingerprint density at radius 1 is 1.21 bits per heavy atom. The zero-order valence-electron chi connectivity index (χ0n) is 12.4. The molecule has 1 atom stereocenters. The van der Waals surface area contributed by atoms with Crippen LogP contribution in [0, 0.1) is 19.8 Å². The molecule has 2 rings (SSSR count). The highest BCUT2D eigenvalue weighted by Crippen LogP contribution is 2.18. The molecule has 0 spiro atoms. The van der Waals surface area contributed by atoms with Gasteiger partial charge in [0.25, 0.3) is 0 Å². The van der Waals surface area contributed by atoms with Crippen molar-refractivity contribution in [1.29, 1.82) is 0 Å². The molecule has 19 heavy (non-hydrogen) atoms. The van der Waals surface area contributed by atoms with Crippen molar-refractivity contribution in [3.63, 3.8) is 0 Å². The van der Waals surface area contributed by atoms with E-state index in [0.717, 1.165) is 30.8 Å². The van der Waals surface area contributed by atoms with Crippen LogP contribution in [0.2, 0.25) is 0 Å². The van der Waals surface area contributed by atoms with Crippen LogP contribution >= 0.6 is 0 Å². The molecule has 0 N–H and O–H groups in total. The molecule has 1 aliphatic heterocycles. The normalized spacial score (nSPS) is 18.3. The summed E-state index contributed by atoms with van der Waals surface area (Å²) >= 11 is 0. The SMILES string of the molecule is Cc1ccc(C(=O)C(C)CN2CCCCC2)c(C)c1. The van der Waals surface area contributed by atoms with Gasteiger partial charge < -0.3 is 4.90 Å². The summed E-state index contributed by atoms with van der Waals surface area (Å²) < 4.78 is 0. The van der Waals surface area contributed by atoms with Crippen molar-refractivity contribution in [1.82, 2.24) is 4.90 Å². The largest absolute Gasteiger partial charge is 0.303 e. The van der Waals surface area contributed by atoms with E-state index in [-0.39, 0.29) is 5.92 Å². The summed E-state index contributed by atoms with van der Waals surface area (Å²) in [6, 6.07) is 6.12. The minimum atomic E-state index is 0.0968. The fraction of sp³-hybridized carbons (Fsp3) is 0.588. The zero-order chi connectivity index (χ0) is 13.8. The summed E-state index contributed by atoms with van der Waals surface area (Å²) in [5.41, 5.74) is 3.23. The number of carbonyl (C=O) groups is 1. The number of likely N-dealkylation sites (tertiary alicyclic amines) is 1. The van der Waals surface area contributed by atoms with Gasteiger partial charge in [-0.25, -0.2) is 0 Å². The second kappa shape index (κ2) is 6.33. The first-order valence-corrected chi connectivity index (χ1v) is 7.42. The molecule has 0 bridgehead atoms. The highest BCUT2D eigenvalue weighted by molar-refractivity contribution is 5.99. The van der Waals surface area contributed by atoms with Gasteiger partial charge in [-0.2, -0.15) is 0 Å². The van der Waals surface area contributed by atoms with Crippen LogP contribution < -0.4 is 0 Å². The second-order valence-corrected chi connectivity index (χ2v) is 5.94. The summed E-state index contributed by atoms with van der Waals surface area (Å²) in [5, 5.41) is 0. The maximum absolute atomic E-state index is 12.5. The Morgan fingerprint density at radius 2 is 1.89 bits per heavy atom. The Balaban J connectivity index is 2.01. The van der Waals surface area contributed by atoms with Crippen molar-refractivity contribution >= 4 is 5.78 Å². The topological polar surface area (TPSA) is 20.3 Å². The molecule has 0 aromatic heterocycles. The number of nitrogens with zero attached hydrogens (tertiary/aromatic N) is 1. The van der Waals surface area contributed by atoms with Gasteiger partial charge in [0.2, 0.25) is 0 Å². The third kappa shape index (κ3) is 3.66. The Morgan fingerprint density at radius 3 is 2.53 bits per heavy atom. The molecule has 0 saturated carbocycles. The number of rotatable bonds is 4. The molecule has 0 aliphatic carbocycles. The van der Waals surface area contributed by atoms with Gasteiger partial charge in [0, 0.05) is 18.0 Å². The minimum Gasteiger partial charge on any atom is -0.303 e. The lowest BCUT2D eigenvalue weighted by Crippen LogP contribution is -2.35. The molecular weight excluding hydrogens is 234 g/mol. The Hall–Kier alpha value is -1.15. The van der Waals surface area contributed by atoms with E-state index in [1.54, 1.807) is 0 Å². The van der Waals surface area contributed by atoms with E-state index >= 15 is 0 Å². The van der Waals surface area contributed by atoms with E-state index in [9.17, 15) is 4.79 Å². The molecule has 1 aromatic carbocycles. The van der Waals surface area contributed by atoms with Gasteiger partial charge in [0.15, 0.2) is 5.78 Å². The van der Waals surface area contributed by atoms with E-state index in [2.05, 4.69) is 24.8 Å². The van der Waals surface area contributed by atoms with Crippen LogP contribution in [0.5, 0.6) is 0 Å². The fourth-order valence-electron chi connectivity index (χ4n) is 2.97. The fourth-order valence-corrected chi connectivity index (χ4v) is 2.97. The van der Waals surface area contributed by atoms with Gasteiger partial charge in [-0.15, -0.1) is 0 Å². The molecule has 1 aliphatic rings. The maximum Gasteiger partial charge on any atom is 0.167 e. The van der Waals surface area contributed by atoms with Crippen LogP contribution in [0.4, 0.5) is 0 Å². The van der Waals surface area contributed by atoms with Crippen molar-refractivity contribution in [2.75, 3.05) is 19.6 Å². The zero-order valence-corrected chi connectivity index (χ0v) is 12.4. The van der Waals surface area contributed by atoms with Gasteiger partial charge in [0.05, 0.1) is 0 Å². The van der Waals surface area contributed by atoms with Crippen LogP contribution in [0.25, 0.3) is 0 Å². The molecule has 1 heterocycles. The van der Waals surface area contributed by atoms with E-state index in [1.165, 1.54) is 24.8 Å². The molecule has 104 valence electrons. The first kappa shape index (κ1) is 14.3. The third-order valence-corrected chi connectivity index (χ3v) is 4.08. The standard InChI is InChI=1S/C17H25NO/c1-13-7-8-16(14(2)11-13)17(19)15(3)12-18-9-5-4-6-10-18/h7-8,11,15H,4-6,9-10,12H2,1-3H3. The molecule has 0 amide bonds. The van der Waals surface area contributed by atoms with Crippen molar-refractivity contribution in [2.24, 2.45) is 5.92 Å². The monoisotopic (exact) mass is 259 g/mol. The predicted octanol–water partition coefficient (Wildman–Crippen LogP) is 3.61. The lowest BCUT2D eigenvalue weighted by Gasteiger charge is -2.28.